The number of amides is 1. The Balaban J connectivity index is 2.31. The summed E-state index contributed by atoms with van der Waals surface area (Å²) in [7, 11) is 1.54. The standard InChI is InChI=1S/C15H16N2O3/c1-19-12-9-5-6-10-13(12)20-14(15(18)17-16)11-7-3-2-4-8-11/h2-10,14H,16H2,1H3,(H,17,18). The van der Waals surface area contributed by atoms with Crippen molar-refractivity contribution in [3.05, 3.63) is 60.2 Å². The van der Waals surface area contributed by atoms with E-state index in [4.69, 9.17) is 15.3 Å². The summed E-state index contributed by atoms with van der Waals surface area (Å²) in [5, 5.41) is 0. The minimum atomic E-state index is -0.836. The predicted octanol–water partition coefficient (Wildman–Crippen LogP) is 1.81. The van der Waals surface area contributed by atoms with Crippen molar-refractivity contribution in [2.24, 2.45) is 5.84 Å². The van der Waals surface area contributed by atoms with Crippen LogP contribution in [0.15, 0.2) is 54.6 Å². The third-order valence-corrected chi connectivity index (χ3v) is 2.80. The van der Waals surface area contributed by atoms with Gasteiger partial charge in [0.15, 0.2) is 11.5 Å². The zero-order chi connectivity index (χ0) is 14.4. The molecule has 5 nitrogen and oxygen atoms in total. The van der Waals surface area contributed by atoms with Crippen LogP contribution in [0.25, 0.3) is 0 Å². The fourth-order valence-electron chi connectivity index (χ4n) is 1.82. The SMILES string of the molecule is COc1ccccc1OC(C(=O)NN)c1ccccc1. The molecule has 104 valence electrons. The normalized spacial score (nSPS) is 11.5. The predicted molar refractivity (Wildman–Crippen MR) is 75.1 cm³/mol. The van der Waals surface area contributed by atoms with Crippen molar-refractivity contribution >= 4 is 5.91 Å². The van der Waals surface area contributed by atoms with Crippen molar-refractivity contribution in [3.8, 4) is 11.5 Å². The molecule has 0 fully saturated rings. The van der Waals surface area contributed by atoms with Gasteiger partial charge in [-0.1, -0.05) is 42.5 Å². The summed E-state index contributed by atoms with van der Waals surface area (Å²) < 4.78 is 11.0. The van der Waals surface area contributed by atoms with Crippen LogP contribution in [0.3, 0.4) is 0 Å². The molecule has 3 N–H and O–H groups in total. The summed E-state index contributed by atoms with van der Waals surface area (Å²) in [4.78, 5) is 11.9. The van der Waals surface area contributed by atoms with E-state index in [2.05, 4.69) is 5.43 Å². The number of benzene rings is 2. The number of para-hydroxylation sites is 2. The molecule has 1 atom stereocenters. The fraction of sp³-hybridized carbons (Fsp3) is 0.133. The fourth-order valence-corrected chi connectivity index (χ4v) is 1.82. The van der Waals surface area contributed by atoms with Crippen LogP contribution in [0.5, 0.6) is 11.5 Å². The van der Waals surface area contributed by atoms with E-state index in [0.717, 1.165) is 0 Å². The average molecular weight is 272 g/mol. The van der Waals surface area contributed by atoms with Gasteiger partial charge < -0.3 is 9.47 Å². The van der Waals surface area contributed by atoms with Crippen molar-refractivity contribution in [1.82, 2.24) is 5.43 Å². The topological polar surface area (TPSA) is 73.6 Å². The molecule has 0 aliphatic rings. The van der Waals surface area contributed by atoms with Gasteiger partial charge in [0.2, 0.25) is 6.10 Å². The minimum Gasteiger partial charge on any atom is -0.493 e. The van der Waals surface area contributed by atoms with Crippen LogP contribution in [0.1, 0.15) is 11.7 Å². The zero-order valence-corrected chi connectivity index (χ0v) is 11.1. The molecule has 20 heavy (non-hydrogen) atoms. The second-order valence-corrected chi connectivity index (χ2v) is 4.07. The lowest BCUT2D eigenvalue weighted by atomic mass is 10.1. The van der Waals surface area contributed by atoms with Crippen LogP contribution in [0.2, 0.25) is 0 Å². The Morgan fingerprint density at radius 2 is 1.65 bits per heavy atom. The van der Waals surface area contributed by atoms with Crippen LogP contribution in [-0.2, 0) is 4.79 Å². The lowest BCUT2D eigenvalue weighted by Crippen LogP contribution is -2.37. The highest BCUT2D eigenvalue weighted by Crippen LogP contribution is 2.30. The highest BCUT2D eigenvalue weighted by molar-refractivity contribution is 5.82. The molecule has 2 aromatic carbocycles. The van der Waals surface area contributed by atoms with Crippen molar-refractivity contribution in [2.75, 3.05) is 7.11 Å². The lowest BCUT2D eigenvalue weighted by Gasteiger charge is -2.19. The number of hydrogen-bond acceptors (Lipinski definition) is 4. The van der Waals surface area contributed by atoms with E-state index in [1.165, 1.54) is 0 Å². The van der Waals surface area contributed by atoms with Crippen molar-refractivity contribution in [1.29, 1.82) is 0 Å². The van der Waals surface area contributed by atoms with E-state index < -0.39 is 12.0 Å². The lowest BCUT2D eigenvalue weighted by molar-refractivity contribution is -0.128. The maximum atomic E-state index is 11.9. The number of methoxy groups -OCH3 is 1. The summed E-state index contributed by atoms with van der Waals surface area (Å²) in [5.74, 6) is 5.83. The number of hydrogen-bond donors (Lipinski definition) is 2. The molecule has 0 aromatic heterocycles. The number of rotatable bonds is 5. The van der Waals surface area contributed by atoms with Gasteiger partial charge >= 0.3 is 0 Å². The number of carbonyl (C=O) groups excluding carboxylic acids is 1. The van der Waals surface area contributed by atoms with E-state index in [-0.39, 0.29) is 0 Å². The van der Waals surface area contributed by atoms with Gasteiger partial charge in [-0.05, 0) is 12.1 Å². The van der Waals surface area contributed by atoms with Gasteiger partial charge in [0, 0.05) is 5.56 Å². The Morgan fingerprint density at radius 3 is 2.25 bits per heavy atom. The third kappa shape index (κ3) is 3.07. The molecular formula is C15H16N2O3. The monoisotopic (exact) mass is 272 g/mol. The van der Waals surface area contributed by atoms with Gasteiger partial charge in [0.25, 0.3) is 5.91 Å². The molecule has 0 saturated carbocycles. The first-order valence-corrected chi connectivity index (χ1v) is 6.11. The largest absolute Gasteiger partial charge is 0.493 e. The van der Waals surface area contributed by atoms with Gasteiger partial charge in [-0.15, -0.1) is 0 Å². The highest BCUT2D eigenvalue weighted by atomic mass is 16.5. The van der Waals surface area contributed by atoms with E-state index in [9.17, 15) is 4.79 Å². The van der Waals surface area contributed by atoms with E-state index in [0.29, 0.717) is 17.1 Å². The van der Waals surface area contributed by atoms with E-state index in [1.54, 1.807) is 37.4 Å². The highest BCUT2D eigenvalue weighted by Gasteiger charge is 2.22. The number of nitrogens with one attached hydrogen (secondary N) is 1. The van der Waals surface area contributed by atoms with Crippen LogP contribution in [-0.4, -0.2) is 13.0 Å². The Bertz CT molecular complexity index is 572. The van der Waals surface area contributed by atoms with Crippen molar-refractivity contribution < 1.29 is 14.3 Å². The molecule has 2 rings (SSSR count). The zero-order valence-electron chi connectivity index (χ0n) is 11.1. The molecule has 1 unspecified atom stereocenters. The summed E-state index contributed by atoms with van der Waals surface area (Å²) >= 11 is 0. The third-order valence-electron chi connectivity index (χ3n) is 2.80. The Hall–Kier alpha value is -2.53. The molecular weight excluding hydrogens is 256 g/mol. The molecule has 5 heteroatoms. The molecule has 0 bridgehead atoms. The molecule has 0 aliphatic carbocycles. The number of carbonyl (C=O) groups is 1. The average Bonchev–Trinajstić information content (AvgIpc) is 2.53. The van der Waals surface area contributed by atoms with Gasteiger partial charge in [-0.3, -0.25) is 10.2 Å². The minimum absolute atomic E-state index is 0.429. The maximum absolute atomic E-state index is 11.9. The van der Waals surface area contributed by atoms with Crippen LogP contribution >= 0.6 is 0 Å². The molecule has 0 saturated heterocycles. The van der Waals surface area contributed by atoms with Crippen LogP contribution in [0.4, 0.5) is 0 Å². The van der Waals surface area contributed by atoms with E-state index in [1.807, 2.05) is 24.3 Å². The first-order chi connectivity index (χ1) is 9.76. The molecule has 0 spiro atoms. The van der Waals surface area contributed by atoms with Gasteiger partial charge in [-0.25, -0.2) is 5.84 Å². The molecule has 0 radical (unpaired) electrons. The van der Waals surface area contributed by atoms with Gasteiger partial charge in [-0.2, -0.15) is 0 Å². The first-order valence-electron chi connectivity index (χ1n) is 6.11. The smallest absolute Gasteiger partial charge is 0.279 e. The maximum Gasteiger partial charge on any atom is 0.279 e. The van der Waals surface area contributed by atoms with Crippen molar-refractivity contribution in [2.45, 2.75) is 6.10 Å². The van der Waals surface area contributed by atoms with E-state index >= 15 is 0 Å². The molecule has 2 aromatic rings. The summed E-state index contributed by atoms with van der Waals surface area (Å²) in [6.07, 6.45) is -0.836. The van der Waals surface area contributed by atoms with Crippen molar-refractivity contribution in [3.63, 3.8) is 0 Å². The number of ether oxygens (including phenoxy) is 2. The molecule has 0 heterocycles. The van der Waals surface area contributed by atoms with Gasteiger partial charge in [0.05, 0.1) is 7.11 Å². The van der Waals surface area contributed by atoms with Crippen LogP contribution in [0, 0.1) is 0 Å². The first kappa shape index (κ1) is 13.9. The van der Waals surface area contributed by atoms with Gasteiger partial charge in [0.1, 0.15) is 0 Å². The summed E-state index contributed by atoms with van der Waals surface area (Å²) in [5.41, 5.74) is 2.83. The summed E-state index contributed by atoms with van der Waals surface area (Å²) in [6, 6.07) is 16.3. The number of nitrogens with two attached hydrogens (primary N) is 1. The summed E-state index contributed by atoms with van der Waals surface area (Å²) in [6.45, 7) is 0. The van der Waals surface area contributed by atoms with Crippen LogP contribution < -0.4 is 20.7 Å². The quantitative estimate of drug-likeness (QED) is 0.494. The second-order valence-electron chi connectivity index (χ2n) is 4.07. The second kappa shape index (κ2) is 6.58. The molecule has 1 amide bonds. The Kier molecular flexibility index (Phi) is 4.57. The Labute approximate surface area is 117 Å². The Morgan fingerprint density at radius 1 is 1.05 bits per heavy atom. The number of hydrazine groups is 1. The molecule has 0 aliphatic heterocycles.